The molecule has 0 fully saturated rings. The summed E-state index contributed by atoms with van der Waals surface area (Å²) < 4.78 is 23.4. The maximum Gasteiger partial charge on any atom is 0.268 e. The molecule has 0 aromatic heterocycles. The number of unbranched alkanes of at least 4 members (excludes halogenated alkanes) is 33. The van der Waals surface area contributed by atoms with Crippen LogP contribution in [0.4, 0.5) is 0 Å². The number of hydrogen-bond acceptors (Lipinski definition) is 6. The third-order valence-electron chi connectivity index (χ3n) is 14.9. The molecule has 0 saturated carbocycles. The van der Waals surface area contributed by atoms with E-state index in [0.717, 1.165) is 83.5 Å². The molecule has 0 aromatic carbocycles. The van der Waals surface area contributed by atoms with Crippen molar-refractivity contribution >= 4 is 13.7 Å². The fourth-order valence-electron chi connectivity index (χ4n) is 9.66. The first-order chi connectivity index (χ1) is 40.0. The van der Waals surface area contributed by atoms with Crippen molar-refractivity contribution in [2.45, 2.75) is 309 Å². The van der Waals surface area contributed by atoms with Crippen molar-refractivity contribution in [2.75, 3.05) is 40.9 Å². The van der Waals surface area contributed by atoms with Gasteiger partial charge in [0.15, 0.2) is 0 Å². The van der Waals surface area contributed by atoms with Gasteiger partial charge in [-0.2, -0.15) is 0 Å². The van der Waals surface area contributed by atoms with Gasteiger partial charge in [0.1, 0.15) is 13.2 Å². The largest absolute Gasteiger partial charge is 0.756 e. The van der Waals surface area contributed by atoms with Crippen LogP contribution in [0.2, 0.25) is 0 Å². The number of phosphoric acid groups is 1. The molecular weight excluding hydrogens is 1030 g/mol. The van der Waals surface area contributed by atoms with Gasteiger partial charge >= 0.3 is 0 Å². The van der Waals surface area contributed by atoms with E-state index < -0.39 is 26.6 Å². The van der Waals surface area contributed by atoms with E-state index in [1.807, 2.05) is 27.2 Å². The molecule has 8 nitrogen and oxygen atoms in total. The fourth-order valence-corrected chi connectivity index (χ4v) is 10.4. The topological polar surface area (TPSA) is 108 Å². The van der Waals surface area contributed by atoms with Gasteiger partial charge in [0.2, 0.25) is 5.91 Å². The zero-order valence-corrected chi connectivity index (χ0v) is 55.1. The Morgan fingerprint density at radius 3 is 1.13 bits per heavy atom. The average Bonchev–Trinajstić information content (AvgIpc) is 3.47. The number of carbonyl (C=O) groups excluding carboxylic acids is 1. The van der Waals surface area contributed by atoms with Crippen molar-refractivity contribution in [3.8, 4) is 0 Å². The molecule has 3 unspecified atom stereocenters. The molecule has 82 heavy (non-hydrogen) atoms. The number of aliphatic hydroxyl groups excluding tert-OH is 1. The summed E-state index contributed by atoms with van der Waals surface area (Å²) in [6.07, 6.45) is 92.1. The predicted octanol–water partition coefficient (Wildman–Crippen LogP) is 21.2. The number of quaternary nitrogens is 1. The summed E-state index contributed by atoms with van der Waals surface area (Å²) in [5, 5.41) is 13.9. The molecule has 0 aliphatic heterocycles. The Labute approximate surface area is 508 Å². The summed E-state index contributed by atoms with van der Waals surface area (Å²) in [6.45, 7) is 4.53. The van der Waals surface area contributed by atoms with Crippen molar-refractivity contribution in [3.63, 3.8) is 0 Å². The van der Waals surface area contributed by atoms with Gasteiger partial charge in [0, 0.05) is 6.42 Å². The molecule has 3 atom stereocenters. The van der Waals surface area contributed by atoms with Gasteiger partial charge in [0.05, 0.1) is 39.9 Å². The first-order valence-corrected chi connectivity index (χ1v) is 35.7. The maximum absolute atomic E-state index is 13.0. The zero-order valence-electron chi connectivity index (χ0n) is 54.2. The second kappa shape index (κ2) is 62.7. The molecule has 0 aliphatic carbocycles. The second-order valence-electron chi connectivity index (χ2n) is 24.1. The van der Waals surface area contributed by atoms with Gasteiger partial charge < -0.3 is 28.8 Å². The van der Waals surface area contributed by atoms with Gasteiger partial charge in [-0.15, -0.1) is 0 Å². The van der Waals surface area contributed by atoms with Crippen LogP contribution in [0.25, 0.3) is 0 Å². The quantitative estimate of drug-likeness (QED) is 0.0272. The van der Waals surface area contributed by atoms with E-state index in [2.05, 4.69) is 116 Å². The van der Waals surface area contributed by atoms with Crippen molar-refractivity contribution in [1.29, 1.82) is 0 Å². The van der Waals surface area contributed by atoms with Crippen molar-refractivity contribution in [1.82, 2.24) is 5.32 Å². The molecule has 0 aromatic rings. The Morgan fingerprint density at radius 2 is 0.756 bits per heavy atom. The molecule has 0 rings (SSSR count). The Balaban J connectivity index is 4.18. The second-order valence-corrected chi connectivity index (χ2v) is 25.5. The fraction of sp³-hybridized carbons (Fsp3) is 0.740. The third-order valence-corrected chi connectivity index (χ3v) is 15.9. The van der Waals surface area contributed by atoms with E-state index in [9.17, 15) is 19.4 Å². The minimum Gasteiger partial charge on any atom is -0.756 e. The van der Waals surface area contributed by atoms with Gasteiger partial charge in [0.25, 0.3) is 7.82 Å². The van der Waals surface area contributed by atoms with Crippen molar-refractivity contribution in [2.24, 2.45) is 0 Å². The summed E-state index contributed by atoms with van der Waals surface area (Å²) in [7, 11) is 1.23. The molecular formula is C73H131N2O6P. The van der Waals surface area contributed by atoms with Crippen LogP contribution in [0.1, 0.15) is 296 Å². The lowest BCUT2D eigenvalue weighted by atomic mass is 10.0. The first kappa shape index (κ1) is 79.2. The van der Waals surface area contributed by atoms with Crippen LogP contribution in [-0.4, -0.2) is 68.5 Å². The standard InChI is InChI=1S/C73H131N2O6P/c1-6-8-10-12-14-16-18-20-22-24-26-28-30-32-34-36-37-39-41-43-45-47-49-51-53-55-57-59-61-63-65-67-73(77)74-71(70-81-82(78,79)80-69-68-75(3,4)5)72(76)66-64-62-60-58-56-54-52-50-48-46-44-42-40-38-35-33-31-29-27-25-23-21-19-17-15-13-11-9-7-2/h8,10,14,16,20,22,26,28,32,34,37,39,48,50,56,58,64,66,71-72,76H,6-7,9,11-13,15,17-19,21,23-25,27,29-31,33,35-36,38,40-47,49,51-55,57,59-63,65,67-70H2,1-5H3,(H-,74,77,78,79)/b10-8-,16-14-,22-20-,28-26-,34-32-,39-37-,50-48+,58-56+,66-64+. The lowest BCUT2D eigenvalue weighted by Crippen LogP contribution is -2.45. The smallest absolute Gasteiger partial charge is 0.268 e. The van der Waals surface area contributed by atoms with E-state index >= 15 is 0 Å². The van der Waals surface area contributed by atoms with Crippen LogP contribution in [0.5, 0.6) is 0 Å². The van der Waals surface area contributed by atoms with Crippen LogP contribution in [0.15, 0.2) is 109 Å². The number of hydrogen-bond donors (Lipinski definition) is 2. The number of carbonyl (C=O) groups is 1. The number of amides is 1. The Morgan fingerprint density at radius 1 is 0.439 bits per heavy atom. The highest BCUT2D eigenvalue weighted by Crippen LogP contribution is 2.38. The van der Waals surface area contributed by atoms with E-state index in [1.54, 1.807) is 6.08 Å². The van der Waals surface area contributed by atoms with E-state index in [1.165, 1.54) is 193 Å². The first-order valence-electron chi connectivity index (χ1n) is 34.2. The maximum atomic E-state index is 13.0. The Kier molecular flexibility index (Phi) is 60.5. The molecule has 474 valence electrons. The number of nitrogens with one attached hydrogen (secondary N) is 1. The van der Waals surface area contributed by atoms with Crippen LogP contribution >= 0.6 is 7.82 Å². The monoisotopic (exact) mass is 1160 g/mol. The number of aliphatic hydroxyl groups is 1. The number of phosphoric ester groups is 1. The number of allylic oxidation sites excluding steroid dienone is 17. The van der Waals surface area contributed by atoms with Crippen molar-refractivity contribution in [3.05, 3.63) is 109 Å². The number of likely N-dealkylation sites (N-methyl/N-ethyl adjacent to an activating group) is 1. The van der Waals surface area contributed by atoms with E-state index in [-0.39, 0.29) is 12.5 Å². The molecule has 0 radical (unpaired) electrons. The zero-order chi connectivity index (χ0) is 59.8. The highest BCUT2D eigenvalue weighted by molar-refractivity contribution is 7.45. The lowest BCUT2D eigenvalue weighted by Gasteiger charge is -2.29. The molecule has 0 aliphatic rings. The summed E-state index contributed by atoms with van der Waals surface area (Å²) in [5.74, 6) is -0.215. The number of nitrogens with zero attached hydrogens (tertiary/aromatic N) is 1. The molecule has 0 heterocycles. The number of rotatable bonds is 62. The summed E-state index contributed by atoms with van der Waals surface area (Å²) >= 11 is 0. The van der Waals surface area contributed by atoms with Crippen molar-refractivity contribution < 1.29 is 32.9 Å². The van der Waals surface area contributed by atoms with Crippen LogP contribution in [0, 0.1) is 0 Å². The molecule has 0 saturated heterocycles. The SMILES string of the molecule is CC/C=C\C/C=C\C/C=C\C/C=C\C/C=C\C/C=C\CCCCCCCCCCCCCCC(=O)NC(COP(=O)([O-])OCC[N+](C)(C)C)C(O)/C=C/CC/C=C/CC/C=C/CCCCCCCCCCCCCCCCCCCCC. The van der Waals surface area contributed by atoms with Crippen LogP contribution in [-0.2, 0) is 18.4 Å². The highest BCUT2D eigenvalue weighted by Gasteiger charge is 2.23. The molecule has 0 spiro atoms. The molecule has 9 heteroatoms. The van der Waals surface area contributed by atoms with E-state index in [0.29, 0.717) is 17.4 Å². The van der Waals surface area contributed by atoms with Gasteiger partial charge in [-0.25, -0.2) is 0 Å². The van der Waals surface area contributed by atoms with Crippen LogP contribution in [0.3, 0.4) is 0 Å². The summed E-state index contributed by atoms with van der Waals surface area (Å²) in [4.78, 5) is 25.6. The van der Waals surface area contributed by atoms with Gasteiger partial charge in [-0.05, 0) is 96.3 Å². The molecule has 0 bridgehead atoms. The molecule has 2 N–H and O–H groups in total. The highest BCUT2D eigenvalue weighted by atomic mass is 31.2. The predicted molar refractivity (Wildman–Crippen MR) is 357 cm³/mol. The average molecular weight is 1160 g/mol. The Bertz CT molecular complexity index is 1700. The third kappa shape index (κ3) is 64.7. The molecule has 1 amide bonds. The van der Waals surface area contributed by atoms with Gasteiger partial charge in [-0.1, -0.05) is 303 Å². The lowest BCUT2D eigenvalue weighted by molar-refractivity contribution is -0.870. The van der Waals surface area contributed by atoms with Crippen LogP contribution < -0.4 is 10.2 Å². The Hall–Kier alpha value is -2.84. The summed E-state index contributed by atoms with van der Waals surface area (Å²) in [6, 6.07) is -0.920. The van der Waals surface area contributed by atoms with E-state index in [4.69, 9.17) is 9.05 Å². The minimum absolute atomic E-state index is 0.0138. The minimum atomic E-state index is -4.62. The summed E-state index contributed by atoms with van der Waals surface area (Å²) in [5.41, 5.74) is 0. The normalized spacial score (nSPS) is 14.4. The van der Waals surface area contributed by atoms with Gasteiger partial charge in [-0.3, -0.25) is 9.36 Å².